The van der Waals surface area contributed by atoms with Gasteiger partial charge < -0.3 is 19.3 Å². The lowest BCUT2D eigenvalue weighted by atomic mass is 10.5. The largest absolute Gasteiger partial charge is 0.463 e. The van der Waals surface area contributed by atoms with Gasteiger partial charge in [-0.2, -0.15) is 11.8 Å². The number of ether oxygens (including phenoxy) is 3. The molecular formula is C14H23N3O4S. The first-order valence-corrected chi connectivity index (χ1v) is 8.39. The van der Waals surface area contributed by atoms with Gasteiger partial charge in [-0.1, -0.05) is 19.6 Å². The molecule has 0 spiro atoms. The molecule has 1 N–H and O–H groups in total. The van der Waals surface area contributed by atoms with Crippen molar-refractivity contribution in [1.82, 2.24) is 15.0 Å². The normalized spacial score (nSPS) is 10.3. The number of rotatable bonds is 13. The van der Waals surface area contributed by atoms with Gasteiger partial charge in [0.05, 0.1) is 13.2 Å². The van der Waals surface area contributed by atoms with Crippen LogP contribution in [0.1, 0.15) is 19.8 Å². The highest BCUT2D eigenvalue weighted by atomic mass is 32.2. The average molecular weight is 329 g/mol. The summed E-state index contributed by atoms with van der Waals surface area (Å²) >= 11 is 1.90. The van der Waals surface area contributed by atoms with Crippen LogP contribution in [0.25, 0.3) is 0 Å². The highest BCUT2D eigenvalue weighted by Gasteiger charge is 2.09. The number of hydrogen-bond acceptors (Lipinski definition) is 8. The van der Waals surface area contributed by atoms with E-state index in [1.165, 1.54) is 6.42 Å². The second-order valence-corrected chi connectivity index (χ2v) is 5.39. The number of aromatic nitrogens is 3. The van der Waals surface area contributed by atoms with E-state index < -0.39 is 0 Å². The predicted molar refractivity (Wildman–Crippen MR) is 85.8 cm³/mol. The van der Waals surface area contributed by atoms with E-state index in [-0.39, 0.29) is 37.9 Å². The lowest BCUT2D eigenvalue weighted by Gasteiger charge is -2.08. The SMILES string of the molecule is C=CCOc1nc(OCCO)nc(OCCCSCCC)n1. The fourth-order valence-corrected chi connectivity index (χ4v) is 2.17. The molecule has 0 aliphatic rings. The summed E-state index contributed by atoms with van der Waals surface area (Å²) in [7, 11) is 0. The first-order valence-electron chi connectivity index (χ1n) is 7.24. The Morgan fingerprint density at radius 3 is 2.27 bits per heavy atom. The minimum Gasteiger partial charge on any atom is -0.463 e. The van der Waals surface area contributed by atoms with E-state index >= 15 is 0 Å². The lowest BCUT2D eigenvalue weighted by molar-refractivity contribution is 0.184. The van der Waals surface area contributed by atoms with E-state index in [0.717, 1.165) is 17.9 Å². The fourth-order valence-electron chi connectivity index (χ4n) is 1.36. The number of aliphatic hydroxyl groups excluding tert-OH is 1. The Bertz CT molecular complexity index is 435. The van der Waals surface area contributed by atoms with Gasteiger partial charge in [-0.25, -0.2) is 0 Å². The third-order valence-electron chi connectivity index (χ3n) is 2.24. The van der Waals surface area contributed by atoms with Crippen LogP contribution in [0.15, 0.2) is 12.7 Å². The fraction of sp³-hybridized carbons (Fsp3) is 0.643. The van der Waals surface area contributed by atoms with Crippen molar-refractivity contribution in [3.8, 4) is 18.0 Å². The van der Waals surface area contributed by atoms with Crippen LogP contribution in [-0.2, 0) is 0 Å². The first kappa shape index (κ1) is 18.5. The molecule has 1 rings (SSSR count). The van der Waals surface area contributed by atoms with Gasteiger partial charge in [-0.05, 0) is 24.3 Å². The van der Waals surface area contributed by atoms with Crippen LogP contribution in [0.5, 0.6) is 18.0 Å². The van der Waals surface area contributed by atoms with Crippen molar-refractivity contribution in [2.24, 2.45) is 0 Å². The zero-order valence-electron chi connectivity index (χ0n) is 12.9. The minimum atomic E-state index is -0.126. The molecule has 0 aliphatic heterocycles. The molecule has 7 nitrogen and oxygen atoms in total. The summed E-state index contributed by atoms with van der Waals surface area (Å²) in [5.41, 5.74) is 0. The molecule has 1 heterocycles. The van der Waals surface area contributed by atoms with Gasteiger partial charge in [0.15, 0.2) is 0 Å². The van der Waals surface area contributed by atoms with Gasteiger partial charge in [0, 0.05) is 0 Å². The molecule has 0 aliphatic carbocycles. The van der Waals surface area contributed by atoms with E-state index in [2.05, 4.69) is 28.5 Å². The van der Waals surface area contributed by atoms with Crippen LogP contribution in [-0.4, -0.2) is 58.0 Å². The molecule has 0 aromatic carbocycles. The van der Waals surface area contributed by atoms with Crippen molar-refractivity contribution in [2.45, 2.75) is 19.8 Å². The van der Waals surface area contributed by atoms with Crippen molar-refractivity contribution in [2.75, 3.05) is 37.9 Å². The highest BCUT2D eigenvalue weighted by molar-refractivity contribution is 7.99. The average Bonchev–Trinajstić information content (AvgIpc) is 2.54. The Hall–Kier alpha value is -1.54. The Labute approximate surface area is 135 Å². The molecule has 1 aromatic heterocycles. The van der Waals surface area contributed by atoms with Crippen LogP contribution in [0, 0.1) is 0 Å². The molecule has 0 amide bonds. The van der Waals surface area contributed by atoms with Crippen molar-refractivity contribution in [1.29, 1.82) is 0 Å². The Morgan fingerprint density at radius 1 is 1.05 bits per heavy atom. The lowest BCUT2D eigenvalue weighted by Crippen LogP contribution is -2.10. The van der Waals surface area contributed by atoms with E-state index in [1.807, 2.05) is 11.8 Å². The Kier molecular flexibility index (Phi) is 10.1. The monoisotopic (exact) mass is 329 g/mol. The van der Waals surface area contributed by atoms with Gasteiger partial charge >= 0.3 is 18.0 Å². The van der Waals surface area contributed by atoms with Crippen molar-refractivity contribution in [3.05, 3.63) is 12.7 Å². The molecule has 0 radical (unpaired) electrons. The maximum Gasteiger partial charge on any atom is 0.326 e. The molecule has 0 saturated carbocycles. The smallest absolute Gasteiger partial charge is 0.326 e. The van der Waals surface area contributed by atoms with Gasteiger partial charge in [-0.15, -0.1) is 15.0 Å². The van der Waals surface area contributed by atoms with Crippen molar-refractivity contribution >= 4 is 11.8 Å². The molecule has 22 heavy (non-hydrogen) atoms. The van der Waals surface area contributed by atoms with Gasteiger partial charge in [-0.3, -0.25) is 0 Å². The van der Waals surface area contributed by atoms with Crippen LogP contribution >= 0.6 is 11.8 Å². The zero-order chi connectivity index (χ0) is 16.0. The molecule has 0 unspecified atom stereocenters. The Balaban J connectivity index is 2.52. The summed E-state index contributed by atoms with van der Waals surface area (Å²) in [5, 5.41) is 8.78. The molecule has 124 valence electrons. The summed E-state index contributed by atoms with van der Waals surface area (Å²) < 4.78 is 15.9. The van der Waals surface area contributed by atoms with Gasteiger partial charge in [0.2, 0.25) is 0 Å². The van der Waals surface area contributed by atoms with Crippen LogP contribution < -0.4 is 14.2 Å². The maximum atomic E-state index is 8.78. The molecule has 0 bridgehead atoms. The van der Waals surface area contributed by atoms with Crippen LogP contribution in [0.3, 0.4) is 0 Å². The van der Waals surface area contributed by atoms with E-state index in [9.17, 15) is 0 Å². The summed E-state index contributed by atoms with van der Waals surface area (Å²) in [6.45, 7) is 6.48. The second kappa shape index (κ2) is 12.0. The predicted octanol–water partition coefficient (Wildman–Crippen LogP) is 1.72. The molecule has 8 heteroatoms. The Morgan fingerprint density at radius 2 is 1.68 bits per heavy atom. The standard InChI is InChI=1S/C14H23N3O4S/c1-3-7-19-12-15-13(17-14(16-12)21-9-6-18)20-8-5-11-22-10-4-2/h3,18H,1,4-11H2,2H3. The topological polar surface area (TPSA) is 86.6 Å². The van der Waals surface area contributed by atoms with Crippen LogP contribution in [0.4, 0.5) is 0 Å². The van der Waals surface area contributed by atoms with Gasteiger partial charge in [0.25, 0.3) is 0 Å². The molecular weight excluding hydrogens is 306 g/mol. The van der Waals surface area contributed by atoms with E-state index in [4.69, 9.17) is 19.3 Å². The summed E-state index contributed by atoms with van der Waals surface area (Å²) in [5.74, 6) is 2.19. The molecule has 0 saturated heterocycles. The third kappa shape index (κ3) is 8.04. The summed E-state index contributed by atoms with van der Waals surface area (Å²) in [6, 6.07) is 0.333. The molecule has 1 aromatic rings. The van der Waals surface area contributed by atoms with Crippen molar-refractivity contribution < 1.29 is 19.3 Å². The van der Waals surface area contributed by atoms with E-state index in [0.29, 0.717) is 6.61 Å². The molecule has 0 atom stereocenters. The third-order valence-corrected chi connectivity index (χ3v) is 3.51. The first-order chi connectivity index (χ1) is 10.8. The molecule has 0 fully saturated rings. The van der Waals surface area contributed by atoms with Crippen molar-refractivity contribution in [3.63, 3.8) is 0 Å². The number of hydrogen-bond donors (Lipinski definition) is 1. The van der Waals surface area contributed by atoms with E-state index in [1.54, 1.807) is 6.08 Å². The summed E-state index contributed by atoms with van der Waals surface area (Å²) in [4.78, 5) is 12.0. The maximum absolute atomic E-state index is 8.78. The van der Waals surface area contributed by atoms with Crippen LogP contribution in [0.2, 0.25) is 0 Å². The van der Waals surface area contributed by atoms with Gasteiger partial charge in [0.1, 0.15) is 13.2 Å². The number of nitrogens with zero attached hydrogens (tertiary/aromatic N) is 3. The summed E-state index contributed by atoms with van der Waals surface area (Å²) in [6.07, 6.45) is 3.67. The minimum absolute atomic E-state index is 0.0680. The number of aliphatic hydroxyl groups is 1. The quantitative estimate of drug-likeness (QED) is 0.432. The zero-order valence-corrected chi connectivity index (χ0v) is 13.7. The highest BCUT2D eigenvalue weighted by Crippen LogP contribution is 2.15. The number of thioether (sulfide) groups is 1. The second-order valence-electron chi connectivity index (χ2n) is 4.17.